The van der Waals surface area contributed by atoms with E-state index in [4.69, 9.17) is 4.42 Å². The van der Waals surface area contributed by atoms with E-state index in [2.05, 4.69) is 276 Å². The van der Waals surface area contributed by atoms with Crippen LogP contribution in [0.25, 0.3) is 66.1 Å². The van der Waals surface area contributed by atoms with Gasteiger partial charge in [-0.25, -0.2) is 4.39 Å². The molecule has 0 amide bonds. The highest BCUT2D eigenvalue weighted by Crippen LogP contribution is 2.64. The predicted molar refractivity (Wildman–Crippen MR) is 337 cm³/mol. The largest absolute Gasteiger partial charge is 0.452 e. The average molecular weight is 1050 g/mol. The molecule has 2 heterocycles. The molecule has 386 valence electrons. The molecule has 82 heavy (non-hydrogen) atoms. The standard InChI is InChI=1S/C77H50FN3O/c78-68-47-49-73(76-74(68)63-31-19-37-72(75(63)82-76)79(57-42-38-53(39-43-57)51-20-4-1-5-21-51)58-44-40-54(41-45-58)52-22-6-2-7-23-52)80(56-26-8-3-9-27-56)59-46-48-71-67(50-59)77(64-32-14-12-29-61(64)62-30-13-15-33-65(62)77)66-34-16-17-35-70(66)81(71)69-36-18-25-55-24-10-11-28-60(55)69/h1-50H. The zero-order valence-electron chi connectivity index (χ0n) is 44.5. The maximum Gasteiger partial charge on any atom is 0.162 e. The SMILES string of the molecule is Fc1ccc(N(c2ccccc2)c2ccc3c(c2)C2(c4ccccc4-c4ccccc42)c2ccccc2N3c2cccc3ccccc23)c2oc3c(N(c4ccc(-c5ccccc5)cc4)c4ccc(-c5ccccc5)cc4)cccc3c12. The average Bonchev–Trinajstić information content (AvgIpc) is 2.35. The topological polar surface area (TPSA) is 22.9 Å². The zero-order chi connectivity index (χ0) is 54.3. The lowest BCUT2D eigenvalue weighted by Crippen LogP contribution is -2.36. The van der Waals surface area contributed by atoms with Crippen molar-refractivity contribution >= 4 is 83.9 Å². The molecule has 16 rings (SSSR count). The third-order valence-corrected chi connectivity index (χ3v) is 16.9. The van der Waals surface area contributed by atoms with E-state index in [0.29, 0.717) is 27.6 Å². The molecular formula is C77H50FN3O. The van der Waals surface area contributed by atoms with Crippen LogP contribution >= 0.6 is 0 Å². The molecule has 0 radical (unpaired) electrons. The number of para-hydroxylation sites is 3. The number of nitrogens with zero attached hydrogens (tertiary/aromatic N) is 3. The fraction of sp³-hybridized carbons (Fsp3) is 0.0130. The van der Waals surface area contributed by atoms with E-state index >= 15 is 4.39 Å². The van der Waals surface area contributed by atoms with Crippen molar-refractivity contribution in [1.29, 1.82) is 0 Å². The lowest BCUT2D eigenvalue weighted by Gasteiger charge is -2.45. The van der Waals surface area contributed by atoms with Crippen LogP contribution in [0, 0.1) is 5.82 Å². The highest BCUT2D eigenvalue weighted by molar-refractivity contribution is 6.15. The number of furan rings is 1. The van der Waals surface area contributed by atoms with E-state index in [1.807, 2.05) is 36.4 Å². The zero-order valence-corrected chi connectivity index (χ0v) is 44.5. The minimum Gasteiger partial charge on any atom is -0.452 e. The number of halogens is 1. The van der Waals surface area contributed by atoms with Crippen LogP contribution in [-0.4, -0.2) is 0 Å². The van der Waals surface area contributed by atoms with Crippen LogP contribution in [0.2, 0.25) is 0 Å². The summed E-state index contributed by atoms with van der Waals surface area (Å²) in [4.78, 5) is 6.93. The van der Waals surface area contributed by atoms with E-state index in [1.165, 1.54) is 33.2 Å². The van der Waals surface area contributed by atoms with Gasteiger partial charge < -0.3 is 19.1 Å². The summed E-state index contributed by atoms with van der Waals surface area (Å²) in [5.74, 6) is -0.362. The van der Waals surface area contributed by atoms with Crippen LogP contribution in [0.1, 0.15) is 22.3 Å². The maximum absolute atomic E-state index is 17.3. The molecule has 0 bridgehead atoms. The summed E-state index contributed by atoms with van der Waals surface area (Å²) in [5.41, 5.74) is 20.5. The number of anilines is 9. The van der Waals surface area contributed by atoms with E-state index < -0.39 is 5.41 Å². The van der Waals surface area contributed by atoms with Crippen LogP contribution in [0.4, 0.5) is 55.6 Å². The van der Waals surface area contributed by atoms with Crippen LogP contribution in [0.3, 0.4) is 0 Å². The van der Waals surface area contributed by atoms with Crippen molar-refractivity contribution in [2.24, 2.45) is 0 Å². The Kier molecular flexibility index (Phi) is 10.9. The third kappa shape index (κ3) is 7.23. The van der Waals surface area contributed by atoms with Gasteiger partial charge in [0.25, 0.3) is 0 Å². The molecule has 5 heteroatoms. The van der Waals surface area contributed by atoms with Gasteiger partial charge in [0.15, 0.2) is 11.2 Å². The molecule has 2 aliphatic rings. The Morgan fingerprint density at radius 2 is 0.780 bits per heavy atom. The van der Waals surface area contributed by atoms with E-state index in [1.54, 1.807) is 6.07 Å². The van der Waals surface area contributed by atoms with E-state index in [0.717, 1.165) is 78.7 Å². The van der Waals surface area contributed by atoms with Gasteiger partial charge in [-0.1, -0.05) is 218 Å². The molecule has 13 aromatic carbocycles. The van der Waals surface area contributed by atoms with Crippen LogP contribution in [0.15, 0.2) is 308 Å². The second kappa shape index (κ2) is 19.0. The van der Waals surface area contributed by atoms with Gasteiger partial charge in [0, 0.05) is 33.5 Å². The van der Waals surface area contributed by atoms with Gasteiger partial charge in [-0.2, -0.15) is 0 Å². The van der Waals surface area contributed by atoms with E-state index in [-0.39, 0.29) is 5.82 Å². The molecule has 14 aromatic rings. The van der Waals surface area contributed by atoms with Gasteiger partial charge in [0.1, 0.15) is 5.82 Å². The molecule has 4 nitrogen and oxygen atoms in total. The van der Waals surface area contributed by atoms with Crippen molar-refractivity contribution in [2.45, 2.75) is 5.41 Å². The molecule has 1 aromatic heterocycles. The summed E-state index contributed by atoms with van der Waals surface area (Å²) in [6, 6.07) is 107. The smallest absolute Gasteiger partial charge is 0.162 e. The first-order chi connectivity index (χ1) is 40.6. The number of benzene rings is 13. The fourth-order valence-electron chi connectivity index (χ4n) is 13.4. The van der Waals surface area contributed by atoms with Crippen molar-refractivity contribution in [1.82, 2.24) is 0 Å². The minimum absolute atomic E-state index is 0.362. The van der Waals surface area contributed by atoms with Crippen LogP contribution < -0.4 is 14.7 Å². The highest BCUT2D eigenvalue weighted by Gasteiger charge is 2.52. The van der Waals surface area contributed by atoms with Crippen LogP contribution in [0.5, 0.6) is 0 Å². The van der Waals surface area contributed by atoms with Gasteiger partial charge in [-0.15, -0.1) is 0 Å². The summed E-state index contributed by atoms with van der Waals surface area (Å²) in [7, 11) is 0. The van der Waals surface area contributed by atoms with Gasteiger partial charge in [-0.05, 0) is 146 Å². The number of rotatable bonds is 9. The molecule has 0 fully saturated rings. The summed E-state index contributed by atoms with van der Waals surface area (Å²) >= 11 is 0. The Bertz CT molecular complexity index is 4630. The molecule has 0 atom stereocenters. The summed E-state index contributed by atoms with van der Waals surface area (Å²) in [6.45, 7) is 0. The van der Waals surface area contributed by atoms with Crippen molar-refractivity contribution in [3.8, 4) is 33.4 Å². The highest BCUT2D eigenvalue weighted by atomic mass is 19.1. The monoisotopic (exact) mass is 1050 g/mol. The molecule has 0 N–H and O–H groups in total. The molecule has 0 saturated carbocycles. The van der Waals surface area contributed by atoms with Crippen molar-refractivity contribution < 1.29 is 8.81 Å². The van der Waals surface area contributed by atoms with Crippen molar-refractivity contribution in [3.63, 3.8) is 0 Å². The summed E-state index contributed by atoms with van der Waals surface area (Å²) in [5, 5.41) is 3.42. The van der Waals surface area contributed by atoms with Crippen LogP contribution in [-0.2, 0) is 5.41 Å². The minimum atomic E-state index is -0.715. The quantitative estimate of drug-likeness (QED) is 0.144. The summed E-state index contributed by atoms with van der Waals surface area (Å²) < 4.78 is 24.6. The fourth-order valence-corrected chi connectivity index (χ4v) is 13.4. The number of fused-ring (bicyclic) bond motifs is 13. The Hall–Kier alpha value is -10.8. The predicted octanol–water partition coefficient (Wildman–Crippen LogP) is 21.3. The van der Waals surface area contributed by atoms with Gasteiger partial charge in [-0.3, -0.25) is 0 Å². The summed E-state index contributed by atoms with van der Waals surface area (Å²) in [6.07, 6.45) is 0. The lowest BCUT2D eigenvalue weighted by atomic mass is 9.64. The molecule has 1 aliphatic heterocycles. The molecule has 1 spiro atoms. The second-order valence-electron chi connectivity index (χ2n) is 21.3. The molecule has 0 saturated heterocycles. The van der Waals surface area contributed by atoms with Crippen molar-refractivity contribution in [3.05, 3.63) is 331 Å². The Morgan fingerprint density at radius 1 is 0.317 bits per heavy atom. The lowest BCUT2D eigenvalue weighted by molar-refractivity contribution is 0.634. The number of hydrogen-bond acceptors (Lipinski definition) is 4. The van der Waals surface area contributed by atoms with Gasteiger partial charge in [0.05, 0.1) is 39.2 Å². The Labute approximate surface area is 475 Å². The second-order valence-corrected chi connectivity index (χ2v) is 21.3. The Balaban J connectivity index is 0.929. The normalized spacial score (nSPS) is 12.8. The molecular weight excluding hydrogens is 1000 g/mol. The first-order valence-electron chi connectivity index (χ1n) is 27.9. The Morgan fingerprint density at radius 3 is 1.45 bits per heavy atom. The van der Waals surface area contributed by atoms with Gasteiger partial charge >= 0.3 is 0 Å². The van der Waals surface area contributed by atoms with E-state index in [9.17, 15) is 0 Å². The van der Waals surface area contributed by atoms with Gasteiger partial charge in [0.2, 0.25) is 0 Å². The van der Waals surface area contributed by atoms with Crippen molar-refractivity contribution in [2.75, 3.05) is 14.7 Å². The third-order valence-electron chi connectivity index (χ3n) is 16.9. The first kappa shape index (κ1) is 47.3. The molecule has 1 aliphatic carbocycles. The number of hydrogen-bond donors (Lipinski definition) is 0. The first-order valence-corrected chi connectivity index (χ1v) is 27.9. The maximum atomic E-state index is 17.3. The molecule has 0 unspecified atom stereocenters.